The van der Waals surface area contributed by atoms with E-state index in [9.17, 15) is 24.1 Å². The summed E-state index contributed by atoms with van der Waals surface area (Å²) in [6.45, 7) is 5.31. The van der Waals surface area contributed by atoms with Gasteiger partial charge in [-0.15, -0.1) is 0 Å². The second-order valence-corrected chi connectivity index (χ2v) is 6.42. The lowest BCUT2D eigenvalue weighted by atomic mass is 10.0. The van der Waals surface area contributed by atoms with Crippen LogP contribution in [-0.2, 0) is 4.79 Å². The molecule has 0 spiro atoms. The van der Waals surface area contributed by atoms with E-state index in [1.807, 2.05) is 0 Å². The van der Waals surface area contributed by atoms with Crippen molar-refractivity contribution in [2.75, 3.05) is 5.32 Å². The Morgan fingerprint density at radius 1 is 1.15 bits per heavy atom. The largest absolute Gasteiger partial charge is 0.340 e. The smallest absolute Gasteiger partial charge is 0.306 e. The molecule has 0 aliphatic rings. The molecule has 1 unspecified atom stereocenters. The molecule has 0 aliphatic carbocycles. The first kappa shape index (κ1) is 20.0. The van der Waals surface area contributed by atoms with Crippen LogP contribution in [0.2, 0.25) is 0 Å². The van der Waals surface area contributed by atoms with Gasteiger partial charge in [-0.2, -0.15) is 4.39 Å². The molecule has 7 nitrogen and oxygen atoms in total. The summed E-state index contributed by atoms with van der Waals surface area (Å²) in [6, 6.07) is 9.17. The highest BCUT2D eigenvalue weighted by Gasteiger charge is 2.26. The minimum absolute atomic E-state index is 0.0730. The Hall–Kier alpha value is -3.29. The molecule has 0 saturated heterocycles. The van der Waals surface area contributed by atoms with E-state index in [1.54, 1.807) is 45.0 Å². The number of benzene rings is 2. The van der Waals surface area contributed by atoms with Crippen LogP contribution in [0.5, 0.6) is 0 Å². The zero-order valence-electron chi connectivity index (χ0n) is 15.2. The van der Waals surface area contributed by atoms with E-state index in [1.165, 1.54) is 6.07 Å². The molecular weight excluding hydrogens is 353 g/mol. The molecule has 1 atom stereocenters. The van der Waals surface area contributed by atoms with Crippen LogP contribution >= 0.6 is 0 Å². The molecule has 0 fully saturated rings. The number of aryl methyl sites for hydroxylation is 1. The molecule has 0 aliphatic heterocycles. The number of nitrogens with one attached hydrogen (secondary N) is 2. The van der Waals surface area contributed by atoms with E-state index in [0.29, 0.717) is 5.56 Å². The molecule has 142 valence electrons. The Balaban J connectivity index is 2.18. The molecule has 2 aromatic rings. The van der Waals surface area contributed by atoms with Crippen molar-refractivity contribution in [3.8, 4) is 0 Å². The second-order valence-electron chi connectivity index (χ2n) is 6.42. The van der Waals surface area contributed by atoms with Gasteiger partial charge in [-0.3, -0.25) is 19.7 Å². The molecule has 0 radical (unpaired) electrons. The Bertz CT molecular complexity index is 883. The first-order valence-corrected chi connectivity index (χ1v) is 8.32. The number of hydrogen-bond donors (Lipinski definition) is 2. The Morgan fingerprint density at radius 3 is 2.41 bits per heavy atom. The van der Waals surface area contributed by atoms with Crippen LogP contribution < -0.4 is 10.6 Å². The van der Waals surface area contributed by atoms with Gasteiger partial charge in [-0.05, 0) is 36.6 Å². The summed E-state index contributed by atoms with van der Waals surface area (Å²) in [4.78, 5) is 35.0. The number of halogens is 1. The standard InChI is InChI=1S/C19H20FN3O4/c1-11(2)17(22-18(24)14-7-5-4-6-12(14)3)19(25)21-13-8-9-15(20)16(10-13)23(26)27/h4-11,17H,1-3H3,(H,21,25)(H,22,24). The molecule has 0 bridgehead atoms. The number of nitro benzene ring substituents is 1. The third kappa shape index (κ3) is 4.87. The third-order valence-electron chi connectivity index (χ3n) is 4.04. The molecular formula is C19H20FN3O4. The fraction of sp³-hybridized carbons (Fsp3) is 0.263. The van der Waals surface area contributed by atoms with E-state index in [-0.39, 0.29) is 11.6 Å². The van der Waals surface area contributed by atoms with Crippen molar-refractivity contribution < 1.29 is 18.9 Å². The zero-order chi connectivity index (χ0) is 20.1. The van der Waals surface area contributed by atoms with Gasteiger partial charge in [0, 0.05) is 17.3 Å². The lowest BCUT2D eigenvalue weighted by Gasteiger charge is -2.22. The number of rotatable bonds is 6. The van der Waals surface area contributed by atoms with Crippen LogP contribution in [0.25, 0.3) is 0 Å². The van der Waals surface area contributed by atoms with Crippen LogP contribution in [-0.4, -0.2) is 22.8 Å². The van der Waals surface area contributed by atoms with Crippen molar-refractivity contribution in [1.29, 1.82) is 0 Å². The fourth-order valence-corrected chi connectivity index (χ4v) is 2.53. The maximum absolute atomic E-state index is 13.4. The highest BCUT2D eigenvalue weighted by molar-refractivity contribution is 6.02. The normalized spacial score (nSPS) is 11.7. The molecule has 2 amide bonds. The number of carbonyl (C=O) groups excluding carboxylic acids is 2. The van der Waals surface area contributed by atoms with Crippen molar-refractivity contribution >= 4 is 23.2 Å². The van der Waals surface area contributed by atoms with Gasteiger partial charge in [0.1, 0.15) is 6.04 Å². The minimum atomic E-state index is -0.994. The number of amides is 2. The van der Waals surface area contributed by atoms with Crippen LogP contribution in [0, 0.1) is 28.8 Å². The average Bonchev–Trinajstić information content (AvgIpc) is 2.60. The number of anilines is 1. The third-order valence-corrected chi connectivity index (χ3v) is 4.04. The predicted octanol–water partition coefficient (Wildman–Crippen LogP) is 3.44. The SMILES string of the molecule is Cc1ccccc1C(=O)NC(C(=O)Nc1ccc(F)c([N+](=O)[O-])c1)C(C)C. The molecule has 2 N–H and O–H groups in total. The summed E-state index contributed by atoms with van der Waals surface area (Å²) in [5.41, 5.74) is 0.558. The number of nitro groups is 1. The van der Waals surface area contributed by atoms with Crippen molar-refractivity contribution in [2.24, 2.45) is 5.92 Å². The van der Waals surface area contributed by atoms with E-state index >= 15 is 0 Å². The van der Waals surface area contributed by atoms with Gasteiger partial charge in [-0.25, -0.2) is 0 Å². The minimum Gasteiger partial charge on any atom is -0.340 e. The first-order valence-electron chi connectivity index (χ1n) is 8.32. The lowest BCUT2D eigenvalue weighted by molar-refractivity contribution is -0.387. The van der Waals surface area contributed by atoms with Gasteiger partial charge in [-0.1, -0.05) is 32.0 Å². The van der Waals surface area contributed by atoms with Crippen molar-refractivity contribution in [2.45, 2.75) is 26.8 Å². The van der Waals surface area contributed by atoms with Gasteiger partial charge in [0.25, 0.3) is 5.91 Å². The molecule has 2 aromatic carbocycles. The van der Waals surface area contributed by atoms with Crippen LogP contribution in [0.3, 0.4) is 0 Å². The lowest BCUT2D eigenvalue weighted by Crippen LogP contribution is -2.47. The van der Waals surface area contributed by atoms with E-state index in [2.05, 4.69) is 10.6 Å². The van der Waals surface area contributed by atoms with E-state index in [4.69, 9.17) is 0 Å². The van der Waals surface area contributed by atoms with Gasteiger partial charge in [0.15, 0.2) is 0 Å². The van der Waals surface area contributed by atoms with Gasteiger partial charge < -0.3 is 10.6 Å². The average molecular weight is 373 g/mol. The fourth-order valence-electron chi connectivity index (χ4n) is 2.53. The van der Waals surface area contributed by atoms with Crippen molar-refractivity contribution in [3.63, 3.8) is 0 Å². The van der Waals surface area contributed by atoms with Crippen LogP contribution in [0.15, 0.2) is 42.5 Å². The summed E-state index contributed by atoms with van der Waals surface area (Å²) in [5, 5.41) is 16.0. The van der Waals surface area contributed by atoms with Crippen LogP contribution in [0.4, 0.5) is 15.8 Å². The summed E-state index contributed by atoms with van der Waals surface area (Å²) in [5.74, 6) is -2.18. The highest BCUT2D eigenvalue weighted by atomic mass is 19.1. The molecule has 0 aromatic heterocycles. The quantitative estimate of drug-likeness (QED) is 0.598. The second kappa shape index (κ2) is 8.39. The van der Waals surface area contributed by atoms with Crippen molar-refractivity contribution in [3.05, 3.63) is 69.5 Å². The van der Waals surface area contributed by atoms with E-state index < -0.39 is 34.3 Å². The number of carbonyl (C=O) groups is 2. The number of nitrogens with zero attached hydrogens (tertiary/aromatic N) is 1. The van der Waals surface area contributed by atoms with Crippen molar-refractivity contribution in [1.82, 2.24) is 5.32 Å². The van der Waals surface area contributed by atoms with Gasteiger partial charge >= 0.3 is 5.69 Å². The Morgan fingerprint density at radius 2 is 1.81 bits per heavy atom. The van der Waals surface area contributed by atoms with Crippen LogP contribution in [0.1, 0.15) is 29.8 Å². The van der Waals surface area contributed by atoms with E-state index in [0.717, 1.165) is 17.7 Å². The first-order chi connectivity index (χ1) is 12.7. The van der Waals surface area contributed by atoms with Gasteiger partial charge in [0.05, 0.1) is 4.92 Å². The van der Waals surface area contributed by atoms with Gasteiger partial charge in [0.2, 0.25) is 11.7 Å². The topological polar surface area (TPSA) is 101 Å². The zero-order valence-corrected chi connectivity index (χ0v) is 15.2. The Kier molecular flexibility index (Phi) is 6.23. The summed E-state index contributed by atoms with van der Waals surface area (Å²) < 4.78 is 13.4. The molecule has 0 heterocycles. The summed E-state index contributed by atoms with van der Waals surface area (Å²) >= 11 is 0. The number of hydrogen-bond acceptors (Lipinski definition) is 4. The predicted molar refractivity (Wildman–Crippen MR) is 99.0 cm³/mol. The maximum Gasteiger partial charge on any atom is 0.306 e. The monoisotopic (exact) mass is 373 g/mol. The Labute approximate surface area is 155 Å². The molecule has 27 heavy (non-hydrogen) atoms. The molecule has 2 rings (SSSR count). The summed E-state index contributed by atoms with van der Waals surface area (Å²) in [7, 11) is 0. The molecule has 0 saturated carbocycles. The highest BCUT2D eigenvalue weighted by Crippen LogP contribution is 2.22. The maximum atomic E-state index is 13.4. The molecule has 8 heteroatoms. The summed E-state index contributed by atoms with van der Waals surface area (Å²) in [6.07, 6.45) is 0.